The van der Waals surface area contributed by atoms with Crippen LogP contribution in [0.15, 0.2) is 50.7 Å². The number of nitrogens with one attached hydrogen (secondary N) is 2. The first-order chi connectivity index (χ1) is 20.9. The maximum absolute atomic E-state index is 13.2. The molecule has 0 saturated carbocycles. The Balaban J connectivity index is 1.32. The molecule has 1 saturated heterocycles. The molecule has 3 aliphatic heterocycles. The zero-order valence-corrected chi connectivity index (χ0v) is 26.7. The summed E-state index contributed by atoms with van der Waals surface area (Å²) in [6.45, 7) is 1.66. The number of anilines is 1. The minimum atomic E-state index is -4.69. The van der Waals surface area contributed by atoms with Gasteiger partial charge in [-0.2, -0.15) is 9.36 Å². The largest absolute Gasteiger partial charge is 0.477 e. The highest BCUT2D eigenvalue weighted by Crippen LogP contribution is 2.45. The smallest absolute Gasteiger partial charge is 0.429 e. The van der Waals surface area contributed by atoms with Crippen LogP contribution in [0.1, 0.15) is 18.3 Å². The average molecular weight is 702 g/mol. The molecule has 3 aliphatic rings. The Morgan fingerprint density at radius 2 is 2.07 bits per heavy atom. The van der Waals surface area contributed by atoms with E-state index in [1.54, 1.807) is 6.92 Å². The van der Waals surface area contributed by atoms with Crippen molar-refractivity contribution in [3.8, 4) is 0 Å². The number of hydrogen-bond donors (Lipinski definition) is 5. The van der Waals surface area contributed by atoms with Crippen molar-refractivity contribution in [1.29, 1.82) is 0 Å². The molecule has 232 valence electrons. The van der Waals surface area contributed by atoms with Crippen LogP contribution in [-0.4, -0.2) is 85.0 Å². The fraction of sp³-hybridized carbons (Fsp3) is 0.273. The Bertz CT molecular complexity index is 1740. The molecule has 44 heavy (non-hydrogen) atoms. The summed E-state index contributed by atoms with van der Waals surface area (Å²) in [7, 11) is -4.46. The maximum Gasteiger partial charge on any atom is 0.429 e. The number of carboxylic acids is 1. The standard InChI is InChI=1S/C22H21N8O9PS4/c1-3-39-26-13(16-25-21(43-28-16)27-40(35,36)37)17(31)24-14-18(32)30-15(20(33)34)12(8-41-19(14)30)42-22-23-11(9-44(22)38)10-4-6-29(2)7-5-10/h4-7,9,14,19H,3,8H2,1-2H3,(H4-,24,25,27,28,31,33,34,35,36,37)/p+1/b26-13-/t14-,19-,44?/m1/s1. The minimum Gasteiger partial charge on any atom is -0.477 e. The number of aryl methyl sites for hydroxylation is 1. The van der Waals surface area contributed by atoms with Gasteiger partial charge in [-0.05, 0) is 6.92 Å². The second-order valence-electron chi connectivity index (χ2n) is 8.91. The normalized spacial score (nSPS) is 21.7. The van der Waals surface area contributed by atoms with E-state index in [0.717, 1.165) is 22.2 Å². The van der Waals surface area contributed by atoms with Gasteiger partial charge in [-0.1, -0.05) is 16.9 Å². The number of β-lactam (4-membered cyclic amide) rings is 1. The summed E-state index contributed by atoms with van der Waals surface area (Å²) < 4.78 is 29.9. The number of carbonyl (C=O) groups excluding carboxylic acids is 2. The summed E-state index contributed by atoms with van der Waals surface area (Å²) in [5.41, 5.74) is 0.461. The molecule has 1 unspecified atom stereocenters. The number of fused-ring (bicyclic) bond motifs is 1. The number of hydrogen-bond acceptors (Lipinski definition) is 13. The van der Waals surface area contributed by atoms with E-state index in [9.17, 15) is 28.3 Å². The number of rotatable bonds is 10. The quantitative estimate of drug-likeness (QED) is 0.0730. The van der Waals surface area contributed by atoms with Crippen molar-refractivity contribution in [2.75, 3.05) is 17.4 Å². The number of aliphatic carboxylic acids is 1. The average Bonchev–Trinajstić information content (AvgIpc) is 3.56. The SMILES string of the molecule is CCO/N=C(\C(=O)N[C@@H]1C(=O)N2C(C(=O)O)=C(SC3=NC(c4cc[n+](C)cc4)=CS3=O)CS[C@H]12)c1nsc(NP(=O)(O)O)n1. The van der Waals surface area contributed by atoms with E-state index in [2.05, 4.69) is 24.8 Å². The van der Waals surface area contributed by atoms with Gasteiger partial charge in [0.05, 0.1) is 5.70 Å². The van der Waals surface area contributed by atoms with Gasteiger partial charge < -0.3 is 25.0 Å². The van der Waals surface area contributed by atoms with Crippen LogP contribution in [0, 0.1) is 0 Å². The molecule has 17 nitrogen and oxygen atoms in total. The summed E-state index contributed by atoms with van der Waals surface area (Å²) in [4.78, 5) is 71.4. The number of oxime groups is 1. The fourth-order valence-electron chi connectivity index (χ4n) is 3.98. The lowest BCUT2D eigenvalue weighted by atomic mass is 10.0. The number of pyridine rings is 1. The molecule has 0 aromatic carbocycles. The van der Waals surface area contributed by atoms with Gasteiger partial charge in [0, 0.05) is 45.3 Å². The van der Waals surface area contributed by atoms with Crippen LogP contribution >= 0.6 is 42.8 Å². The first-order valence-corrected chi connectivity index (χ1v) is 17.8. The molecule has 22 heteroatoms. The molecule has 2 aromatic heterocycles. The van der Waals surface area contributed by atoms with Crippen molar-refractivity contribution < 1.29 is 47.5 Å². The highest BCUT2D eigenvalue weighted by Gasteiger charge is 2.55. The van der Waals surface area contributed by atoms with Crippen molar-refractivity contribution in [2.24, 2.45) is 17.2 Å². The third kappa shape index (κ3) is 6.77. The van der Waals surface area contributed by atoms with Crippen LogP contribution in [0.5, 0.6) is 0 Å². The van der Waals surface area contributed by atoms with Crippen LogP contribution in [-0.2, 0) is 41.6 Å². The molecule has 0 radical (unpaired) electrons. The van der Waals surface area contributed by atoms with Gasteiger partial charge in [-0.25, -0.2) is 23.1 Å². The van der Waals surface area contributed by atoms with Gasteiger partial charge in [-0.3, -0.25) is 19.6 Å². The molecule has 2 amide bonds. The van der Waals surface area contributed by atoms with Crippen LogP contribution in [0.2, 0.25) is 0 Å². The molecule has 0 bridgehead atoms. The Labute approximate surface area is 263 Å². The topological polar surface area (TPSA) is 237 Å². The first-order valence-electron chi connectivity index (χ1n) is 12.3. The van der Waals surface area contributed by atoms with E-state index in [1.807, 2.05) is 41.2 Å². The molecule has 0 spiro atoms. The van der Waals surface area contributed by atoms with E-state index in [-0.39, 0.29) is 38.3 Å². The van der Waals surface area contributed by atoms with Crippen LogP contribution in [0.25, 0.3) is 5.70 Å². The summed E-state index contributed by atoms with van der Waals surface area (Å²) in [5, 5.41) is 18.5. The van der Waals surface area contributed by atoms with Crippen LogP contribution in [0.3, 0.4) is 0 Å². The van der Waals surface area contributed by atoms with Gasteiger partial charge in [0.2, 0.25) is 16.7 Å². The van der Waals surface area contributed by atoms with Crippen molar-refractivity contribution in [3.63, 3.8) is 0 Å². The molecule has 5 rings (SSSR count). The number of amides is 2. The molecule has 1 fully saturated rings. The van der Waals surface area contributed by atoms with E-state index in [1.165, 1.54) is 17.2 Å². The van der Waals surface area contributed by atoms with E-state index >= 15 is 0 Å². The Hall–Kier alpha value is -3.46. The first kappa shape index (κ1) is 31.9. The van der Waals surface area contributed by atoms with Gasteiger partial charge in [0.1, 0.15) is 41.6 Å². The van der Waals surface area contributed by atoms with Crippen LogP contribution < -0.4 is 15.0 Å². The highest BCUT2D eigenvalue weighted by atomic mass is 32.2. The molecule has 5 N–H and O–H groups in total. The van der Waals surface area contributed by atoms with Crippen molar-refractivity contribution in [3.05, 3.63) is 51.9 Å². The number of thioether (sulfide) groups is 2. The van der Waals surface area contributed by atoms with Gasteiger partial charge in [-0.15, -0.1) is 11.8 Å². The number of carbonyl (C=O) groups is 3. The second kappa shape index (κ2) is 12.9. The third-order valence-electron chi connectivity index (χ3n) is 5.89. The summed E-state index contributed by atoms with van der Waals surface area (Å²) in [6, 6.07) is 2.48. The lowest BCUT2D eigenvalue weighted by Gasteiger charge is -2.49. The molecular weight excluding hydrogens is 680 g/mol. The highest BCUT2D eigenvalue weighted by molar-refractivity contribution is 8.36. The number of carboxylic acid groups (broad SMARTS) is 1. The van der Waals surface area contributed by atoms with Gasteiger partial charge >= 0.3 is 13.7 Å². The second-order valence-corrected chi connectivity index (χ2v) is 14.6. The zero-order chi connectivity index (χ0) is 31.8. The minimum absolute atomic E-state index is 0.0630. The fourth-order valence-corrected chi connectivity index (χ4v) is 8.95. The van der Waals surface area contributed by atoms with E-state index < -0.39 is 53.5 Å². The Morgan fingerprint density at radius 1 is 1.34 bits per heavy atom. The van der Waals surface area contributed by atoms with Gasteiger partial charge in [0.25, 0.3) is 11.8 Å². The monoisotopic (exact) mass is 701 g/mol. The predicted octanol–water partition coefficient (Wildman–Crippen LogP) is 0.154. The molecule has 5 heterocycles. The van der Waals surface area contributed by atoms with E-state index in [0.29, 0.717) is 17.2 Å². The van der Waals surface area contributed by atoms with Gasteiger partial charge in [0.15, 0.2) is 16.8 Å². The molecule has 2 aromatic rings. The molecular formula is C22H22N8O9PS4+. The lowest BCUT2D eigenvalue weighted by Crippen LogP contribution is -2.71. The molecule has 3 atom stereocenters. The Morgan fingerprint density at radius 3 is 2.73 bits per heavy atom. The maximum atomic E-state index is 13.2. The molecule has 0 aliphatic carbocycles. The van der Waals surface area contributed by atoms with Crippen molar-refractivity contribution in [2.45, 2.75) is 18.3 Å². The number of aromatic nitrogens is 3. The summed E-state index contributed by atoms with van der Waals surface area (Å²) in [6.07, 6.45) is 3.63. The van der Waals surface area contributed by atoms with Crippen LogP contribution in [0.4, 0.5) is 5.13 Å². The Kier molecular flexibility index (Phi) is 9.35. The third-order valence-corrected chi connectivity index (χ3v) is 11.1. The lowest BCUT2D eigenvalue weighted by molar-refractivity contribution is -0.671. The van der Waals surface area contributed by atoms with Crippen molar-refractivity contribution in [1.82, 2.24) is 19.6 Å². The van der Waals surface area contributed by atoms with Crippen molar-refractivity contribution >= 4 is 92.3 Å². The summed E-state index contributed by atoms with van der Waals surface area (Å²) in [5.74, 6) is -3.20. The zero-order valence-electron chi connectivity index (χ0n) is 22.5. The summed E-state index contributed by atoms with van der Waals surface area (Å²) >= 11 is 2.68. The predicted molar refractivity (Wildman–Crippen MR) is 162 cm³/mol. The van der Waals surface area contributed by atoms with E-state index in [4.69, 9.17) is 14.6 Å². The number of nitrogens with zero attached hydrogens (tertiary/aromatic N) is 6. The number of aliphatic imine (C=N–C) groups is 1.